The molecule has 3 aliphatic carbocycles. The lowest BCUT2D eigenvalue weighted by atomic mass is 9.93. The second-order valence-corrected chi connectivity index (χ2v) is 14.0. The normalized spacial score (nSPS) is 27.5. The van der Waals surface area contributed by atoms with E-state index in [2.05, 4.69) is 55.4 Å². The number of piperidine rings is 1. The zero-order valence-corrected chi connectivity index (χ0v) is 27.0. The molecule has 5 rings (SSSR count). The molecule has 1 aliphatic heterocycles. The first kappa shape index (κ1) is 32.7. The number of rotatable bonds is 12. The molecule has 0 bridgehead atoms. The van der Waals surface area contributed by atoms with Crippen molar-refractivity contribution in [2.45, 2.75) is 96.9 Å². The summed E-state index contributed by atoms with van der Waals surface area (Å²) in [7, 11) is 0. The van der Waals surface area contributed by atoms with Gasteiger partial charge in [0.2, 0.25) is 17.6 Å². The van der Waals surface area contributed by atoms with E-state index in [4.69, 9.17) is 4.74 Å². The number of fused-ring (bicyclic) bond motifs is 2. The molecule has 1 aromatic carbocycles. The summed E-state index contributed by atoms with van der Waals surface area (Å²) >= 11 is 0. The van der Waals surface area contributed by atoms with Crippen molar-refractivity contribution in [3.05, 3.63) is 48.0 Å². The predicted octanol–water partition coefficient (Wildman–Crippen LogP) is 3.32. The number of carbonyl (C=O) groups excluding carboxylic acids is 5. The highest BCUT2D eigenvalue weighted by Gasteiger charge is 2.69. The third kappa shape index (κ3) is 6.65. The average molecular weight is 621 g/mol. The number of hydrogen-bond acceptors (Lipinski definition) is 6. The van der Waals surface area contributed by atoms with Crippen molar-refractivity contribution < 1.29 is 28.7 Å². The quantitative estimate of drug-likeness (QED) is 0.243. The number of carbonyl (C=O) groups is 5. The SMILES string of the molecule is C=CCNC(=O)C(=O)C(CCC)NC(=O)[C@@H]1C2C(CN1C(=O)[C@@H](NC(=O)OC1CCCC1C)C1Cc3ccccc3C1)C2(C)C. The molecule has 4 amide bonds. The summed E-state index contributed by atoms with van der Waals surface area (Å²) in [5.41, 5.74) is 2.14. The lowest BCUT2D eigenvalue weighted by molar-refractivity contribution is -0.144. The van der Waals surface area contributed by atoms with E-state index >= 15 is 0 Å². The van der Waals surface area contributed by atoms with Crippen molar-refractivity contribution in [3.8, 4) is 0 Å². The number of nitrogens with one attached hydrogen (secondary N) is 3. The molecule has 3 fully saturated rings. The maximum absolute atomic E-state index is 14.5. The summed E-state index contributed by atoms with van der Waals surface area (Å²) in [6.45, 7) is 12.2. The first-order chi connectivity index (χ1) is 21.5. The largest absolute Gasteiger partial charge is 0.446 e. The highest BCUT2D eigenvalue weighted by molar-refractivity contribution is 6.38. The minimum Gasteiger partial charge on any atom is -0.446 e. The van der Waals surface area contributed by atoms with Crippen molar-refractivity contribution in [3.63, 3.8) is 0 Å². The van der Waals surface area contributed by atoms with Crippen LogP contribution in [-0.4, -0.2) is 71.8 Å². The fraction of sp³-hybridized carbons (Fsp3) is 0.629. The molecule has 2 saturated carbocycles. The number of ether oxygens (including phenoxy) is 1. The molecular weight excluding hydrogens is 572 g/mol. The Morgan fingerprint density at radius 2 is 1.78 bits per heavy atom. The van der Waals surface area contributed by atoms with Gasteiger partial charge in [0.15, 0.2) is 0 Å². The van der Waals surface area contributed by atoms with Crippen molar-refractivity contribution in [2.75, 3.05) is 13.1 Å². The van der Waals surface area contributed by atoms with Crippen LogP contribution in [0.4, 0.5) is 4.79 Å². The number of nitrogens with zero attached hydrogens (tertiary/aromatic N) is 1. The van der Waals surface area contributed by atoms with Crippen LogP contribution < -0.4 is 16.0 Å². The molecule has 10 heteroatoms. The van der Waals surface area contributed by atoms with Gasteiger partial charge in [-0.15, -0.1) is 6.58 Å². The highest BCUT2D eigenvalue weighted by atomic mass is 16.6. The third-order valence-corrected chi connectivity index (χ3v) is 10.7. The van der Waals surface area contributed by atoms with E-state index in [1.807, 2.05) is 19.1 Å². The Hall–Kier alpha value is -3.69. The van der Waals surface area contributed by atoms with Crippen LogP contribution in [0.5, 0.6) is 0 Å². The minimum absolute atomic E-state index is 0.0962. The van der Waals surface area contributed by atoms with E-state index in [1.165, 1.54) is 6.08 Å². The minimum atomic E-state index is -1.01. The summed E-state index contributed by atoms with van der Waals surface area (Å²) in [5.74, 6) is -2.17. The van der Waals surface area contributed by atoms with Crippen LogP contribution in [0.25, 0.3) is 0 Å². The van der Waals surface area contributed by atoms with Gasteiger partial charge in [0.05, 0.1) is 6.04 Å². The average Bonchev–Trinajstić information content (AvgIpc) is 3.52. The third-order valence-electron chi connectivity index (χ3n) is 10.7. The van der Waals surface area contributed by atoms with Crippen LogP contribution >= 0.6 is 0 Å². The van der Waals surface area contributed by atoms with Crippen LogP contribution in [-0.2, 0) is 36.8 Å². The molecule has 45 heavy (non-hydrogen) atoms. The fourth-order valence-corrected chi connectivity index (χ4v) is 8.01. The first-order valence-corrected chi connectivity index (χ1v) is 16.6. The second kappa shape index (κ2) is 13.3. The molecule has 4 aliphatic rings. The van der Waals surface area contributed by atoms with E-state index in [0.29, 0.717) is 32.2 Å². The number of Topliss-reactive ketones (excluding diaryl/α,β-unsaturated/α-hetero) is 1. The summed E-state index contributed by atoms with van der Waals surface area (Å²) in [6.07, 6.45) is 5.62. The lowest BCUT2D eigenvalue weighted by Gasteiger charge is -2.35. The molecule has 5 unspecified atom stereocenters. The van der Waals surface area contributed by atoms with Crippen molar-refractivity contribution in [1.29, 1.82) is 0 Å². The molecule has 1 aromatic rings. The van der Waals surface area contributed by atoms with Crippen molar-refractivity contribution in [2.24, 2.45) is 29.1 Å². The molecule has 3 N–H and O–H groups in total. The van der Waals surface area contributed by atoms with Gasteiger partial charge >= 0.3 is 6.09 Å². The molecular formula is C35H48N4O6. The number of hydrogen-bond donors (Lipinski definition) is 3. The zero-order chi connectivity index (χ0) is 32.5. The van der Waals surface area contributed by atoms with Gasteiger partial charge in [-0.05, 0) is 78.7 Å². The van der Waals surface area contributed by atoms with Gasteiger partial charge in [-0.3, -0.25) is 19.2 Å². The standard InChI is InChI=1S/C35H48N4O6/c1-6-11-25(30(40)32(42)36-16-7-2)37-31(41)29-27-24(35(27,4)5)19-39(29)33(43)28(23-17-21-13-8-9-14-22(21)18-23)38-34(44)45-26-15-10-12-20(26)3/h7-9,13-14,20,23-29H,2,6,10-12,15-19H2,1,3-5H3,(H,36,42)(H,37,41)(H,38,44)/t20?,24?,25?,26?,27?,28-,29-/m0/s1. The maximum atomic E-state index is 14.5. The first-order valence-electron chi connectivity index (χ1n) is 16.6. The summed E-state index contributed by atoms with van der Waals surface area (Å²) in [5, 5.41) is 8.27. The molecule has 1 saturated heterocycles. The van der Waals surface area contributed by atoms with Gasteiger partial charge in [-0.25, -0.2) is 4.79 Å². The lowest BCUT2D eigenvalue weighted by Crippen LogP contribution is -2.59. The summed E-state index contributed by atoms with van der Waals surface area (Å²) < 4.78 is 5.82. The maximum Gasteiger partial charge on any atom is 0.408 e. The summed E-state index contributed by atoms with van der Waals surface area (Å²) in [4.78, 5) is 68.9. The molecule has 0 spiro atoms. The number of amides is 4. The Morgan fingerprint density at radius 3 is 2.38 bits per heavy atom. The summed E-state index contributed by atoms with van der Waals surface area (Å²) in [6, 6.07) is 5.35. The van der Waals surface area contributed by atoms with E-state index in [-0.39, 0.29) is 47.6 Å². The van der Waals surface area contributed by atoms with Crippen molar-refractivity contribution in [1.82, 2.24) is 20.9 Å². The fourth-order valence-electron chi connectivity index (χ4n) is 8.01. The Morgan fingerprint density at radius 1 is 1.09 bits per heavy atom. The van der Waals surface area contributed by atoms with Crippen LogP contribution in [0.3, 0.4) is 0 Å². The molecule has 0 radical (unpaired) electrons. The van der Waals surface area contributed by atoms with Crippen LogP contribution in [0.2, 0.25) is 0 Å². The monoisotopic (exact) mass is 620 g/mol. The Balaban J connectivity index is 1.37. The molecule has 1 heterocycles. The Bertz CT molecular complexity index is 1320. The smallest absolute Gasteiger partial charge is 0.408 e. The van der Waals surface area contributed by atoms with E-state index in [0.717, 1.165) is 30.4 Å². The second-order valence-electron chi connectivity index (χ2n) is 14.0. The van der Waals surface area contributed by atoms with Crippen LogP contribution in [0.15, 0.2) is 36.9 Å². The zero-order valence-electron chi connectivity index (χ0n) is 27.0. The van der Waals surface area contributed by atoms with Gasteiger partial charge in [-0.2, -0.15) is 0 Å². The van der Waals surface area contributed by atoms with Crippen LogP contribution in [0.1, 0.15) is 70.9 Å². The van der Waals surface area contributed by atoms with Crippen molar-refractivity contribution >= 4 is 29.6 Å². The molecule has 0 aromatic heterocycles. The number of ketones is 1. The topological polar surface area (TPSA) is 134 Å². The van der Waals surface area contributed by atoms with E-state index in [1.54, 1.807) is 4.90 Å². The molecule has 10 nitrogen and oxygen atoms in total. The predicted molar refractivity (Wildman–Crippen MR) is 169 cm³/mol. The number of likely N-dealkylation sites (tertiary alicyclic amines) is 1. The van der Waals surface area contributed by atoms with Gasteiger partial charge in [0, 0.05) is 13.1 Å². The van der Waals surface area contributed by atoms with E-state index in [9.17, 15) is 24.0 Å². The van der Waals surface area contributed by atoms with Gasteiger partial charge in [0.25, 0.3) is 5.91 Å². The Kier molecular flexibility index (Phi) is 9.70. The van der Waals surface area contributed by atoms with Gasteiger partial charge in [0.1, 0.15) is 18.2 Å². The highest BCUT2D eigenvalue weighted by Crippen LogP contribution is 2.65. The Labute approximate surface area is 266 Å². The van der Waals surface area contributed by atoms with E-state index < -0.39 is 41.8 Å². The number of benzene rings is 1. The molecule has 7 atom stereocenters. The van der Waals surface area contributed by atoms with Gasteiger partial charge in [-0.1, -0.05) is 64.5 Å². The molecule has 244 valence electrons. The van der Waals surface area contributed by atoms with Gasteiger partial charge < -0.3 is 25.6 Å². The number of alkyl carbamates (subject to hydrolysis) is 1. The van der Waals surface area contributed by atoms with Crippen LogP contribution in [0, 0.1) is 29.1 Å².